The van der Waals surface area contributed by atoms with E-state index < -0.39 is 11.0 Å². The van der Waals surface area contributed by atoms with E-state index in [0.29, 0.717) is 39.4 Å². The summed E-state index contributed by atoms with van der Waals surface area (Å²) in [6.07, 6.45) is 1.93. The fraction of sp³-hybridized carbons (Fsp3) is 0.190. The quantitative estimate of drug-likeness (QED) is 0.430. The van der Waals surface area contributed by atoms with E-state index in [-0.39, 0.29) is 11.5 Å². The topological polar surface area (TPSA) is 103 Å². The lowest BCUT2D eigenvalue weighted by Gasteiger charge is -2.32. The van der Waals surface area contributed by atoms with E-state index >= 15 is 0 Å². The van der Waals surface area contributed by atoms with Crippen molar-refractivity contribution in [2.75, 3.05) is 5.32 Å². The van der Waals surface area contributed by atoms with Gasteiger partial charge in [-0.15, -0.1) is 5.10 Å². The molecule has 1 unspecified atom stereocenters. The minimum absolute atomic E-state index is 0.0443. The van der Waals surface area contributed by atoms with Gasteiger partial charge in [-0.05, 0) is 30.5 Å². The summed E-state index contributed by atoms with van der Waals surface area (Å²) in [7, 11) is 0. The predicted octanol–water partition coefficient (Wildman–Crippen LogP) is 5.18. The van der Waals surface area contributed by atoms with Gasteiger partial charge in [0.25, 0.3) is 5.69 Å². The molecule has 31 heavy (non-hydrogen) atoms. The Morgan fingerprint density at radius 3 is 2.74 bits per heavy atom. The maximum Gasteiger partial charge on any atom is 0.270 e. The summed E-state index contributed by atoms with van der Waals surface area (Å²) in [6.45, 7) is 0. The molecule has 0 bridgehead atoms. The van der Waals surface area contributed by atoms with Crippen LogP contribution in [0.1, 0.15) is 30.9 Å². The molecule has 1 atom stereocenters. The number of benzene rings is 2. The Bertz CT molecular complexity index is 1280. The van der Waals surface area contributed by atoms with Gasteiger partial charge in [0.05, 0.1) is 15.0 Å². The number of hydrogen-bond donors (Lipinski definition) is 1. The van der Waals surface area contributed by atoms with Crippen LogP contribution < -0.4 is 5.32 Å². The number of allylic oxidation sites excluding steroid dienone is 2. The minimum atomic E-state index is -0.520. The average molecular weight is 456 g/mol. The summed E-state index contributed by atoms with van der Waals surface area (Å²) >= 11 is 12.4. The standard InChI is InChI=1S/C21H15Cl2N5O3/c22-14-8-7-11(10-15(14)23)19-18-16(5-2-6-17(18)29)24-21-25-20(26-27(19)21)12-3-1-4-13(9-12)28(30)31/h1,3-4,7-10,19H,2,5-6H2,(H,24,25,26). The van der Waals surface area contributed by atoms with Crippen molar-refractivity contribution < 1.29 is 9.72 Å². The number of carbonyl (C=O) groups is 1. The Morgan fingerprint density at radius 1 is 1.13 bits per heavy atom. The third-order valence-corrected chi connectivity index (χ3v) is 6.18. The van der Waals surface area contributed by atoms with Crippen LogP contribution in [0.5, 0.6) is 0 Å². The monoisotopic (exact) mass is 455 g/mol. The Kier molecular flexibility index (Phi) is 4.75. The summed E-state index contributed by atoms with van der Waals surface area (Å²) < 4.78 is 1.63. The van der Waals surface area contributed by atoms with Crippen LogP contribution in [0.2, 0.25) is 10.0 Å². The lowest BCUT2D eigenvalue weighted by Crippen LogP contribution is -2.31. The van der Waals surface area contributed by atoms with Crippen LogP contribution in [0.25, 0.3) is 11.4 Å². The van der Waals surface area contributed by atoms with Gasteiger partial charge < -0.3 is 5.32 Å². The molecule has 0 radical (unpaired) electrons. The highest BCUT2D eigenvalue weighted by molar-refractivity contribution is 6.42. The summed E-state index contributed by atoms with van der Waals surface area (Å²) in [5.41, 5.74) is 2.67. The first kappa shape index (κ1) is 19.7. The number of nitrogens with one attached hydrogen (secondary N) is 1. The van der Waals surface area contributed by atoms with Gasteiger partial charge in [-0.1, -0.05) is 41.4 Å². The van der Waals surface area contributed by atoms with Gasteiger partial charge in [0, 0.05) is 35.4 Å². The zero-order valence-electron chi connectivity index (χ0n) is 16.0. The number of hydrogen-bond acceptors (Lipinski definition) is 6. The zero-order chi connectivity index (χ0) is 21.7. The number of nitro groups is 1. The number of Topliss-reactive ketones (excluding diaryl/α,β-unsaturated/α-hetero) is 1. The predicted molar refractivity (Wildman–Crippen MR) is 116 cm³/mol. The molecule has 1 aliphatic carbocycles. The molecule has 2 heterocycles. The van der Waals surface area contributed by atoms with Crippen LogP contribution in [-0.2, 0) is 4.79 Å². The molecule has 0 spiro atoms. The molecule has 1 aromatic heterocycles. The summed E-state index contributed by atoms with van der Waals surface area (Å²) in [5.74, 6) is 0.831. The molecule has 2 aromatic carbocycles. The van der Waals surface area contributed by atoms with E-state index in [1.807, 2.05) is 6.07 Å². The highest BCUT2D eigenvalue weighted by Gasteiger charge is 2.37. The number of carbonyl (C=O) groups excluding carboxylic acids is 1. The molecule has 0 saturated carbocycles. The van der Waals surface area contributed by atoms with Gasteiger partial charge in [0.2, 0.25) is 5.95 Å². The van der Waals surface area contributed by atoms with Crippen molar-refractivity contribution in [1.82, 2.24) is 14.8 Å². The van der Waals surface area contributed by atoms with Crippen molar-refractivity contribution >= 4 is 40.6 Å². The molecule has 1 aliphatic heterocycles. The molecular weight excluding hydrogens is 441 g/mol. The maximum atomic E-state index is 12.9. The number of aromatic nitrogens is 3. The van der Waals surface area contributed by atoms with Crippen LogP contribution in [0.3, 0.4) is 0 Å². The van der Waals surface area contributed by atoms with Gasteiger partial charge in [-0.25, -0.2) is 4.68 Å². The van der Waals surface area contributed by atoms with Gasteiger partial charge in [-0.3, -0.25) is 14.9 Å². The van der Waals surface area contributed by atoms with Crippen molar-refractivity contribution in [3.63, 3.8) is 0 Å². The maximum absolute atomic E-state index is 12.9. The lowest BCUT2D eigenvalue weighted by atomic mass is 9.85. The third-order valence-electron chi connectivity index (χ3n) is 5.44. The van der Waals surface area contributed by atoms with Crippen LogP contribution in [0.4, 0.5) is 11.6 Å². The molecule has 0 saturated heterocycles. The van der Waals surface area contributed by atoms with Gasteiger partial charge >= 0.3 is 0 Å². The fourth-order valence-electron chi connectivity index (χ4n) is 4.03. The van der Waals surface area contributed by atoms with E-state index in [9.17, 15) is 14.9 Å². The number of fused-ring (bicyclic) bond motifs is 1. The van der Waals surface area contributed by atoms with Gasteiger partial charge in [-0.2, -0.15) is 4.98 Å². The van der Waals surface area contributed by atoms with Crippen molar-refractivity contribution in [1.29, 1.82) is 0 Å². The molecule has 0 fully saturated rings. The molecule has 5 rings (SSSR count). The molecule has 0 amide bonds. The average Bonchev–Trinajstić information content (AvgIpc) is 3.18. The second-order valence-corrected chi connectivity index (χ2v) is 8.20. The van der Waals surface area contributed by atoms with E-state index in [4.69, 9.17) is 23.2 Å². The number of nitrogens with zero attached hydrogens (tertiary/aromatic N) is 4. The zero-order valence-corrected chi connectivity index (χ0v) is 17.5. The van der Waals surface area contributed by atoms with Crippen LogP contribution in [0, 0.1) is 10.1 Å². The molecular formula is C21H15Cl2N5O3. The second-order valence-electron chi connectivity index (χ2n) is 7.38. The SMILES string of the molecule is O=C1CCCC2=C1C(c1ccc(Cl)c(Cl)c1)n1nc(-c3cccc([N+](=O)[O-])c3)nc1N2. The van der Waals surface area contributed by atoms with Crippen molar-refractivity contribution in [2.24, 2.45) is 0 Å². The van der Waals surface area contributed by atoms with Crippen LogP contribution in [-0.4, -0.2) is 25.5 Å². The molecule has 1 N–H and O–H groups in total. The highest BCUT2D eigenvalue weighted by Crippen LogP contribution is 2.41. The van der Waals surface area contributed by atoms with Crippen LogP contribution in [0.15, 0.2) is 53.7 Å². The minimum Gasteiger partial charge on any atom is -0.328 e. The van der Waals surface area contributed by atoms with Crippen LogP contribution >= 0.6 is 23.2 Å². The van der Waals surface area contributed by atoms with Gasteiger partial charge in [0.15, 0.2) is 11.6 Å². The number of anilines is 1. The fourth-order valence-corrected chi connectivity index (χ4v) is 4.33. The number of non-ortho nitro benzene ring substituents is 1. The second kappa shape index (κ2) is 7.47. The summed E-state index contributed by atoms with van der Waals surface area (Å²) in [6, 6.07) is 10.8. The number of nitro benzene ring substituents is 1. The first-order valence-electron chi connectivity index (χ1n) is 9.62. The Labute approximate surface area is 186 Å². The van der Waals surface area contributed by atoms with E-state index in [1.165, 1.54) is 12.1 Å². The highest BCUT2D eigenvalue weighted by atomic mass is 35.5. The summed E-state index contributed by atoms with van der Waals surface area (Å²) in [5, 5.41) is 19.8. The molecule has 2 aliphatic rings. The smallest absolute Gasteiger partial charge is 0.270 e. The summed E-state index contributed by atoms with van der Waals surface area (Å²) in [4.78, 5) is 28.1. The molecule has 8 nitrogen and oxygen atoms in total. The van der Waals surface area contributed by atoms with Crippen molar-refractivity contribution in [3.05, 3.63) is 79.5 Å². The first-order valence-corrected chi connectivity index (χ1v) is 10.4. The molecule has 10 heteroatoms. The largest absolute Gasteiger partial charge is 0.328 e. The number of halogens is 2. The third kappa shape index (κ3) is 3.37. The number of ketones is 1. The van der Waals surface area contributed by atoms with E-state index in [0.717, 1.165) is 24.1 Å². The normalized spacial score (nSPS) is 17.7. The number of rotatable bonds is 3. The lowest BCUT2D eigenvalue weighted by molar-refractivity contribution is -0.384. The molecule has 3 aromatic rings. The molecule has 156 valence electrons. The van der Waals surface area contributed by atoms with E-state index in [1.54, 1.807) is 28.9 Å². The Balaban J connectivity index is 1.67. The Hall–Kier alpha value is -3.23. The van der Waals surface area contributed by atoms with E-state index in [2.05, 4.69) is 15.4 Å². The Morgan fingerprint density at radius 2 is 1.97 bits per heavy atom. The van der Waals surface area contributed by atoms with Gasteiger partial charge in [0.1, 0.15) is 6.04 Å². The van der Waals surface area contributed by atoms with Crippen molar-refractivity contribution in [3.8, 4) is 11.4 Å². The van der Waals surface area contributed by atoms with Crippen molar-refractivity contribution in [2.45, 2.75) is 25.3 Å². The first-order chi connectivity index (χ1) is 14.9.